The molecule has 8 heteroatoms. The first-order valence-electron chi connectivity index (χ1n) is 8.71. The summed E-state index contributed by atoms with van der Waals surface area (Å²) >= 11 is 0. The lowest BCUT2D eigenvalue weighted by Crippen LogP contribution is -2.42. The van der Waals surface area contributed by atoms with Gasteiger partial charge in [0.1, 0.15) is 12.6 Å². The van der Waals surface area contributed by atoms with Crippen molar-refractivity contribution in [3.8, 4) is 5.75 Å². The van der Waals surface area contributed by atoms with Crippen molar-refractivity contribution in [2.45, 2.75) is 20.0 Å². The molecule has 0 spiro atoms. The molecule has 0 fully saturated rings. The molecular formula is C19H24FN5O2. The smallest absolute Gasteiger partial charge is 0.246 e. The number of carbonyl (C=O) groups excluding carboxylic acids is 1. The van der Waals surface area contributed by atoms with Crippen LogP contribution in [0.5, 0.6) is 5.75 Å². The minimum atomic E-state index is -0.406. The molecule has 1 atom stereocenters. The Hall–Kier alpha value is -3.16. The quantitative estimate of drug-likeness (QED) is 0.488. The van der Waals surface area contributed by atoms with Gasteiger partial charge in [-0.1, -0.05) is 12.1 Å². The van der Waals surface area contributed by atoms with Gasteiger partial charge in [0.25, 0.3) is 0 Å². The lowest BCUT2D eigenvalue weighted by atomic mass is 10.3. The number of aliphatic imine (C=N–C) groups is 1. The number of nitrogens with zero attached hydrogens (tertiary/aromatic N) is 2. The van der Waals surface area contributed by atoms with Crippen molar-refractivity contribution < 1.29 is 13.9 Å². The number of anilines is 1. The van der Waals surface area contributed by atoms with Crippen molar-refractivity contribution >= 4 is 17.6 Å². The summed E-state index contributed by atoms with van der Waals surface area (Å²) in [7, 11) is 0. The van der Waals surface area contributed by atoms with E-state index in [0.29, 0.717) is 24.7 Å². The van der Waals surface area contributed by atoms with Crippen molar-refractivity contribution in [3.63, 3.8) is 0 Å². The molecule has 0 bridgehead atoms. The number of hydrogen-bond acceptors (Lipinski definition) is 4. The third-order valence-electron chi connectivity index (χ3n) is 3.39. The number of ether oxygens (including phenoxy) is 1. The standard InChI is InChI=1S/C19H24FN5O2/c1-3-22-19(24-13-18(26)25-15-7-6-10-21-12-15)23-11-14(2)27-17-9-5-4-8-16(17)20/h4-10,12,14H,3,11,13H2,1-2H3,(H,25,26)(H2,22,23,24). The summed E-state index contributed by atoms with van der Waals surface area (Å²) in [5, 5.41) is 8.84. The monoisotopic (exact) mass is 373 g/mol. The Bertz CT molecular complexity index is 755. The van der Waals surface area contributed by atoms with Crippen LogP contribution in [0, 0.1) is 5.82 Å². The summed E-state index contributed by atoms with van der Waals surface area (Å²) in [5.74, 6) is 0.0141. The lowest BCUT2D eigenvalue weighted by molar-refractivity contribution is -0.114. The Kier molecular flexibility index (Phi) is 8.02. The first-order valence-corrected chi connectivity index (χ1v) is 8.71. The van der Waals surface area contributed by atoms with E-state index in [1.807, 2.05) is 13.8 Å². The van der Waals surface area contributed by atoms with Crippen LogP contribution in [0.2, 0.25) is 0 Å². The highest BCUT2D eigenvalue weighted by Crippen LogP contribution is 2.16. The molecule has 3 N–H and O–H groups in total. The molecular weight excluding hydrogens is 349 g/mol. The Balaban J connectivity index is 1.83. The van der Waals surface area contributed by atoms with E-state index < -0.39 is 5.82 Å². The van der Waals surface area contributed by atoms with Gasteiger partial charge >= 0.3 is 0 Å². The minimum Gasteiger partial charge on any atom is -0.486 e. The first-order chi connectivity index (χ1) is 13.1. The van der Waals surface area contributed by atoms with Crippen LogP contribution >= 0.6 is 0 Å². The fourth-order valence-electron chi connectivity index (χ4n) is 2.17. The van der Waals surface area contributed by atoms with E-state index >= 15 is 0 Å². The highest BCUT2D eigenvalue weighted by molar-refractivity contribution is 5.93. The molecule has 1 amide bonds. The van der Waals surface area contributed by atoms with E-state index in [9.17, 15) is 9.18 Å². The fraction of sp³-hybridized carbons (Fsp3) is 0.316. The van der Waals surface area contributed by atoms with Gasteiger partial charge in [-0.2, -0.15) is 0 Å². The van der Waals surface area contributed by atoms with Gasteiger partial charge in [-0.05, 0) is 38.1 Å². The van der Waals surface area contributed by atoms with E-state index in [4.69, 9.17) is 4.74 Å². The van der Waals surface area contributed by atoms with Crippen molar-refractivity contribution in [2.75, 3.05) is 25.0 Å². The number of halogens is 1. The average molecular weight is 373 g/mol. The van der Waals surface area contributed by atoms with Crippen molar-refractivity contribution in [3.05, 3.63) is 54.6 Å². The van der Waals surface area contributed by atoms with E-state index in [1.165, 1.54) is 6.07 Å². The minimum absolute atomic E-state index is 0.0488. The molecule has 0 radical (unpaired) electrons. The molecule has 0 aliphatic rings. The van der Waals surface area contributed by atoms with Crippen molar-refractivity contribution in [2.24, 2.45) is 4.99 Å². The molecule has 7 nitrogen and oxygen atoms in total. The van der Waals surface area contributed by atoms with Crippen LogP contribution in [0.1, 0.15) is 13.8 Å². The van der Waals surface area contributed by atoms with Gasteiger partial charge in [-0.3, -0.25) is 9.78 Å². The second-order valence-corrected chi connectivity index (χ2v) is 5.72. The summed E-state index contributed by atoms with van der Waals surface area (Å²) in [6, 6.07) is 9.74. The zero-order chi connectivity index (χ0) is 19.5. The van der Waals surface area contributed by atoms with Gasteiger partial charge < -0.3 is 20.7 Å². The van der Waals surface area contributed by atoms with Crippen LogP contribution in [-0.2, 0) is 4.79 Å². The molecule has 0 aliphatic carbocycles. The van der Waals surface area contributed by atoms with Crippen LogP contribution < -0.4 is 20.7 Å². The van der Waals surface area contributed by atoms with E-state index in [2.05, 4.69) is 25.9 Å². The summed E-state index contributed by atoms with van der Waals surface area (Å²) in [6.45, 7) is 4.72. The highest BCUT2D eigenvalue weighted by atomic mass is 19.1. The zero-order valence-corrected chi connectivity index (χ0v) is 15.4. The second kappa shape index (κ2) is 10.7. The van der Waals surface area contributed by atoms with Gasteiger partial charge in [0.05, 0.1) is 18.4 Å². The summed E-state index contributed by atoms with van der Waals surface area (Å²) in [4.78, 5) is 20.1. The van der Waals surface area contributed by atoms with Gasteiger partial charge in [0, 0.05) is 12.7 Å². The van der Waals surface area contributed by atoms with Gasteiger partial charge in [-0.15, -0.1) is 0 Å². The van der Waals surface area contributed by atoms with Gasteiger partial charge in [0.15, 0.2) is 17.5 Å². The highest BCUT2D eigenvalue weighted by Gasteiger charge is 2.09. The van der Waals surface area contributed by atoms with Crippen LogP contribution in [0.15, 0.2) is 53.8 Å². The maximum atomic E-state index is 13.6. The SMILES string of the molecule is CCNC(=NCC(=O)Nc1cccnc1)NCC(C)Oc1ccccc1F. The number of para-hydroxylation sites is 1. The predicted octanol–water partition coefficient (Wildman–Crippen LogP) is 2.18. The maximum absolute atomic E-state index is 13.6. The third-order valence-corrected chi connectivity index (χ3v) is 3.39. The van der Waals surface area contributed by atoms with E-state index in [-0.39, 0.29) is 24.3 Å². The molecule has 0 saturated carbocycles. The number of rotatable bonds is 8. The number of guanidine groups is 1. The number of aromatic nitrogens is 1. The number of hydrogen-bond donors (Lipinski definition) is 3. The Morgan fingerprint density at radius 1 is 1.26 bits per heavy atom. The number of nitrogens with one attached hydrogen (secondary N) is 3. The summed E-state index contributed by atoms with van der Waals surface area (Å²) in [5.41, 5.74) is 0.613. The maximum Gasteiger partial charge on any atom is 0.246 e. The predicted molar refractivity (Wildman–Crippen MR) is 103 cm³/mol. The van der Waals surface area contributed by atoms with E-state index in [0.717, 1.165) is 0 Å². The summed E-state index contributed by atoms with van der Waals surface area (Å²) < 4.78 is 19.2. The number of benzene rings is 1. The Labute approximate surface area is 158 Å². The molecule has 144 valence electrons. The van der Waals surface area contributed by atoms with Crippen LogP contribution in [0.25, 0.3) is 0 Å². The van der Waals surface area contributed by atoms with Gasteiger partial charge in [0.2, 0.25) is 5.91 Å². The first kappa shape index (κ1) is 20.2. The zero-order valence-electron chi connectivity index (χ0n) is 15.4. The van der Waals surface area contributed by atoms with Crippen LogP contribution in [0.3, 0.4) is 0 Å². The topological polar surface area (TPSA) is 87.6 Å². The summed E-state index contributed by atoms with van der Waals surface area (Å²) in [6.07, 6.45) is 2.90. The molecule has 1 aromatic carbocycles. The molecule has 2 aromatic rings. The third kappa shape index (κ3) is 7.31. The molecule has 2 rings (SSSR count). The van der Waals surface area contributed by atoms with Crippen molar-refractivity contribution in [1.82, 2.24) is 15.6 Å². The number of carbonyl (C=O) groups is 1. The Morgan fingerprint density at radius 2 is 2.07 bits per heavy atom. The van der Waals surface area contributed by atoms with Crippen LogP contribution in [0.4, 0.5) is 10.1 Å². The number of pyridine rings is 1. The fourth-order valence-corrected chi connectivity index (χ4v) is 2.17. The Morgan fingerprint density at radius 3 is 2.78 bits per heavy atom. The average Bonchev–Trinajstić information content (AvgIpc) is 2.66. The van der Waals surface area contributed by atoms with Crippen LogP contribution in [-0.4, -0.2) is 42.6 Å². The number of amides is 1. The normalized spacial score (nSPS) is 12.2. The molecule has 1 aromatic heterocycles. The molecule has 0 saturated heterocycles. The lowest BCUT2D eigenvalue weighted by Gasteiger charge is -2.18. The van der Waals surface area contributed by atoms with Gasteiger partial charge in [-0.25, -0.2) is 9.38 Å². The van der Waals surface area contributed by atoms with E-state index in [1.54, 1.807) is 42.7 Å². The molecule has 27 heavy (non-hydrogen) atoms. The second-order valence-electron chi connectivity index (χ2n) is 5.72. The van der Waals surface area contributed by atoms with Crippen molar-refractivity contribution in [1.29, 1.82) is 0 Å². The molecule has 1 heterocycles. The largest absolute Gasteiger partial charge is 0.486 e. The molecule has 0 aliphatic heterocycles. The molecule has 1 unspecified atom stereocenters.